The fourth-order valence-corrected chi connectivity index (χ4v) is 3.26. The summed E-state index contributed by atoms with van der Waals surface area (Å²) >= 11 is 4.05. The summed E-state index contributed by atoms with van der Waals surface area (Å²) in [6.45, 7) is 0. The van der Waals surface area contributed by atoms with Crippen LogP contribution in [-0.2, 0) is 19.1 Å². The lowest BCUT2D eigenvalue weighted by molar-refractivity contribution is -0.150. The topological polar surface area (TPSA) is 83.9 Å². The van der Waals surface area contributed by atoms with Crippen LogP contribution in [0.5, 0.6) is 0 Å². The van der Waals surface area contributed by atoms with E-state index in [4.69, 9.17) is 4.74 Å². The molecule has 1 fully saturated rings. The lowest BCUT2D eigenvalue weighted by Crippen LogP contribution is -2.42. The summed E-state index contributed by atoms with van der Waals surface area (Å²) < 4.78 is 4.82. The van der Waals surface area contributed by atoms with Gasteiger partial charge in [-0.05, 0) is 17.7 Å². The van der Waals surface area contributed by atoms with Gasteiger partial charge in [-0.1, -0.05) is 30.3 Å². The summed E-state index contributed by atoms with van der Waals surface area (Å²) in [6.07, 6.45) is 0.157. The van der Waals surface area contributed by atoms with E-state index in [1.54, 1.807) is 24.3 Å². The molecule has 1 N–H and O–H groups in total. The molecular weight excluding hydrogens is 318 g/mol. The van der Waals surface area contributed by atoms with Crippen molar-refractivity contribution < 1.29 is 24.2 Å². The number of hydrogen-bond acceptors (Lipinski definition) is 5. The molecule has 0 saturated carbocycles. The SMILES string of the molecule is COC(=O)C1CC(C(=O)O)N(C(=O)CCS)C1c1ccccc1. The van der Waals surface area contributed by atoms with Crippen molar-refractivity contribution in [3.63, 3.8) is 0 Å². The number of hydrogen-bond donors (Lipinski definition) is 2. The number of benzene rings is 1. The number of nitrogens with zero attached hydrogens (tertiary/aromatic N) is 1. The van der Waals surface area contributed by atoms with Gasteiger partial charge in [-0.15, -0.1) is 0 Å². The normalized spacial score (nSPS) is 23.6. The van der Waals surface area contributed by atoms with Crippen LogP contribution in [0.1, 0.15) is 24.4 Å². The number of aliphatic carboxylic acids is 1. The van der Waals surface area contributed by atoms with Gasteiger partial charge in [-0.2, -0.15) is 12.6 Å². The minimum absolute atomic E-state index is 0.0415. The Labute approximate surface area is 139 Å². The zero-order valence-corrected chi connectivity index (χ0v) is 13.6. The monoisotopic (exact) mass is 337 g/mol. The van der Waals surface area contributed by atoms with Gasteiger partial charge in [0.2, 0.25) is 5.91 Å². The van der Waals surface area contributed by atoms with Gasteiger partial charge >= 0.3 is 11.9 Å². The van der Waals surface area contributed by atoms with E-state index < -0.39 is 29.9 Å². The third-order valence-electron chi connectivity index (χ3n) is 4.04. The van der Waals surface area contributed by atoms with Crippen LogP contribution in [0.15, 0.2) is 30.3 Å². The number of carboxylic acid groups (broad SMARTS) is 1. The molecule has 2 rings (SSSR count). The molecule has 23 heavy (non-hydrogen) atoms. The first-order chi connectivity index (χ1) is 11.0. The van der Waals surface area contributed by atoms with Crippen LogP contribution in [0.4, 0.5) is 0 Å². The van der Waals surface area contributed by atoms with Crippen LogP contribution in [0.2, 0.25) is 0 Å². The van der Waals surface area contributed by atoms with Crippen molar-refractivity contribution in [3.8, 4) is 0 Å². The summed E-state index contributed by atoms with van der Waals surface area (Å²) in [5, 5.41) is 9.47. The standard InChI is InChI=1S/C16H19NO5S/c1-22-16(21)11-9-12(15(19)20)17(13(18)7-8-23)14(11)10-5-3-2-4-6-10/h2-6,11-12,14,23H,7-9H2,1H3,(H,19,20). The fourth-order valence-electron chi connectivity index (χ4n) is 3.06. The Hall–Kier alpha value is -2.02. The van der Waals surface area contributed by atoms with Gasteiger partial charge < -0.3 is 14.7 Å². The Morgan fingerprint density at radius 3 is 2.48 bits per heavy atom. The highest BCUT2D eigenvalue weighted by molar-refractivity contribution is 7.80. The Balaban J connectivity index is 2.48. The first-order valence-corrected chi connectivity index (χ1v) is 7.92. The van der Waals surface area contributed by atoms with Crippen molar-refractivity contribution in [2.24, 2.45) is 5.92 Å². The van der Waals surface area contributed by atoms with Gasteiger partial charge in [0.25, 0.3) is 0 Å². The van der Waals surface area contributed by atoms with E-state index >= 15 is 0 Å². The third kappa shape index (κ3) is 3.50. The predicted molar refractivity (Wildman–Crippen MR) is 86.0 cm³/mol. The number of amides is 1. The average molecular weight is 337 g/mol. The van der Waals surface area contributed by atoms with E-state index in [0.717, 1.165) is 5.56 Å². The number of methoxy groups -OCH3 is 1. The quantitative estimate of drug-likeness (QED) is 0.629. The Kier molecular flexibility index (Phi) is 5.65. The molecule has 1 aliphatic heterocycles. The largest absolute Gasteiger partial charge is 0.480 e. The predicted octanol–water partition coefficient (Wildman–Crippen LogP) is 1.52. The molecule has 7 heteroatoms. The second-order valence-electron chi connectivity index (χ2n) is 5.35. The van der Waals surface area contributed by atoms with Gasteiger partial charge in [-0.3, -0.25) is 9.59 Å². The molecule has 0 bridgehead atoms. The van der Waals surface area contributed by atoms with Crippen molar-refractivity contribution in [2.45, 2.75) is 24.9 Å². The summed E-state index contributed by atoms with van der Waals surface area (Å²) in [5.41, 5.74) is 0.721. The summed E-state index contributed by atoms with van der Waals surface area (Å²) in [6, 6.07) is 7.28. The molecule has 0 aliphatic carbocycles. The Morgan fingerprint density at radius 2 is 1.96 bits per heavy atom. The van der Waals surface area contributed by atoms with Gasteiger partial charge in [0, 0.05) is 6.42 Å². The van der Waals surface area contributed by atoms with Crippen LogP contribution < -0.4 is 0 Å². The van der Waals surface area contributed by atoms with Gasteiger partial charge in [0.1, 0.15) is 6.04 Å². The molecule has 3 unspecified atom stereocenters. The highest BCUT2D eigenvalue weighted by Gasteiger charge is 2.50. The number of thiol groups is 1. The molecule has 1 amide bonds. The number of ether oxygens (including phenoxy) is 1. The van der Waals surface area contributed by atoms with Crippen molar-refractivity contribution >= 4 is 30.5 Å². The Morgan fingerprint density at radius 1 is 1.30 bits per heavy atom. The maximum atomic E-state index is 12.5. The molecule has 0 radical (unpaired) electrons. The van der Waals surface area contributed by atoms with E-state index in [9.17, 15) is 19.5 Å². The van der Waals surface area contributed by atoms with Crippen LogP contribution in [0.3, 0.4) is 0 Å². The van der Waals surface area contributed by atoms with E-state index in [1.807, 2.05) is 6.07 Å². The number of carbonyl (C=O) groups is 3. The van der Waals surface area contributed by atoms with Gasteiger partial charge in [0.15, 0.2) is 0 Å². The fraction of sp³-hybridized carbons (Fsp3) is 0.438. The van der Waals surface area contributed by atoms with Gasteiger partial charge in [-0.25, -0.2) is 4.79 Å². The van der Waals surface area contributed by atoms with E-state index in [0.29, 0.717) is 5.75 Å². The average Bonchev–Trinajstić information content (AvgIpc) is 2.96. The molecule has 1 aliphatic rings. The zero-order valence-electron chi connectivity index (χ0n) is 12.7. The second-order valence-corrected chi connectivity index (χ2v) is 5.80. The smallest absolute Gasteiger partial charge is 0.326 e. The maximum Gasteiger partial charge on any atom is 0.326 e. The number of esters is 1. The van der Waals surface area contributed by atoms with Crippen LogP contribution in [-0.4, -0.2) is 46.8 Å². The minimum Gasteiger partial charge on any atom is -0.480 e. The number of carboxylic acids is 1. The van der Waals surface area contributed by atoms with E-state index in [1.165, 1.54) is 12.0 Å². The zero-order chi connectivity index (χ0) is 17.0. The molecule has 3 atom stereocenters. The lowest BCUT2D eigenvalue weighted by Gasteiger charge is -2.30. The lowest BCUT2D eigenvalue weighted by atomic mass is 9.93. The minimum atomic E-state index is -1.12. The Bertz CT molecular complexity index is 591. The van der Waals surface area contributed by atoms with Crippen LogP contribution in [0.25, 0.3) is 0 Å². The third-order valence-corrected chi connectivity index (χ3v) is 4.26. The molecule has 0 spiro atoms. The van der Waals surface area contributed by atoms with Crippen molar-refractivity contribution in [1.29, 1.82) is 0 Å². The molecular formula is C16H19NO5S. The first-order valence-electron chi connectivity index (χ1n) is 7.28. The molecule has 124 valence electrons. The number of likely N-dealkylation sites (tertiary alicyclic amines) is 1. The van der Waals surface area contributed by atoms with E-state index in [-0.39, 0.29) is 18.7 Å². The molecule has 1 aromatic carbocycles. The van der Waals surface area contributed by atoms with Gasteiger partial charge in [0.05, 0.1) is 19.1 Å². The molecule has 1 heterocycles. The highest BCUT2D eigenvalue weighted by atomic mass is 32.1. The molecule has 0 aromatic heterocycles. The highest BCUT2D eigenvalue weighted by Crippen LogP contribution is 2.42. The van der Waals surface area contributed by atoms with Crippen molar-refractivity contribution in [2.75, 3.05) is 12.9 Å². The maximum absolute atomic E-state index is 12.5. The number of rotatable bonds is 5. The molecule has 6 nitrogen and oxygen atoms in total. The second kappa shape index (κ2) is 7.50. The summed E-state index contributed by atoms with van der Waals surface area (Å²) in [4.78, 5) is 37.5. The summed E-state index contributed by atoms with van der Waals surface area (Å²) in [5.74, 6) is -2.34. The van der Waals surface area contributed by atoms with Crippen molar-refractivity contribution in [3.05, 3.63) is 35.9 Å². The van der Waals surface area contributed by atoms with Crippen LogP contribution >= 0.6 is 12.6 Å². The number of carbonyl (C=O) groups excluding carboxylic acids is 2. The van der Waals surface area contributed by atoms with E-state index in [2.05, 4.69) is 12.6 Å². The summed E-state index contributed by atoms with van der Waals surface area (Å²) in [7, 11) is 1.26. The molecule has 1 aromatic rings. The molecule has 1 saturated heterocycles. The first kappa shape index (κ1) is 17.3. The van der Waals surface area contributed by atoms with Crippen LogP contribution in [0, 0.1) is 5.92 Å². The van der Waals surface area contributed by atoms with Crippen molar-refractivity contribution in [1.82, 2.24) is 4.90 Å².